The van der Waals surface area contributed by atoms with Crippen LogP contribution in [0.25, 0.3) is 11.1 Å². The van der Waals surface area contributed by atoms with Crippen LogP contribution < -0.4 is 10.1 Å². The molecule has 0 radical (unpaired) electrons. The molecule has 0 aliphatic carbocycles. The monoisotopic (exact) mass is 227 g/mol. The Labute approximate surface area is 99.7 Å². The number of hydrogen-bond acceptors (Lipinski definition) is 3. The topological polar surface area (TPSA) is 41.5 Å². The number of rotatable bonds is 1. The number of ether oxygens (including phenoxy) is 1. The third-order valence-electron chi connectivity index (χ3n) is 2.87. The second-order valence-electron chi connectivity index (χ2n) is 4.00. The van der Waals surface area contributed by atoms with Crippen molar-refractivity contribution in [2.45, 2.75) is 0 Å². The molecule has 0 amide bonds. The summed E-state index contributed by atoms with van der Waals surface area (Å²) in [5.74, 6) is 1.17. The summed E-state index contributed by atoms with van der Waals surface area (Å²) in [5, 5.41) is 13.1. The minimum absolute atomic E-state index is 0.296. The summed E-state index contributed by atoms with van der Waals surface area (Å²) in [6, 6.07) is 13.2. The summed E-state index contributed by atoms with van der Waals surface area (Å²) < 4.78 is 5.52. The summed E-state index contributed by atoms with van der Waals surface area (Å²) in [6.07, 6.45) is 0. The fourth-order valence-electron chi connectivity index (χ4n) is 2.03. The van der Waals surface area contributed by atoms with E-state index in [2.05, 4.69) is 5.32 Å². The van der Waals surface area contributed by atoms with Gasteiger partial charge in [-0.25, -0.2) is 0 Å². The minimum atomic E-state index is 0.296. The van der Waals surface area contributed by atoms with Gasteiger partial charge in [0.15, 0.2) is 0 Å². The number of benzene rings is 2. The number of nitrogens with one attached hydrogen (secondary N) is 1. The molecule has 1 heterocycles. The Morgan fingerprint density at radius 1 is 1.12 bits per heavy atom. The third kappa shape index (κ3) is 1.80. The molecule has 0 atom stereocenters. The van der Waals surface area contributed by atoms with Gasteiger partial charge in [-0.15, -0.1) is 0 Å². The van der Waals surface area contributed by atoms with E-state index in [0.29, 0.717) is 12.4 Å². The van der Waals surface area contributed by atoms with Crippen LogP contribution in [0.3, 0.4) is 0 Å². The highest BCUT2D eigenvalue weighted by Gasteiger charge is 2.11. The molecule has 0 unspecified atom stereocenters. The standard InChI is InChI=1S/C14H13NO2/c16-13-4-2-1-3-11(13)10-5-6-14-12(9-10)15-7-8-17-14/h1-6,9,15-16H,7-8H2. The van der Waals surface area contributed by atoms with Gasteiger partial charge in [-0.05, 0) is 23.8 Å². The highest BCUT2D eigenvalue weighted by Crippen LogP contribution is 2.35. The van der Waals surface area contributed by atoms with Crippen molar-refractivity contribution < 1.29 is 9.84 Å². The molecule has 1 aliphatic rings. The fourth-order valence-corrected chi connectivity index (χ4v) is 2.03. The average molecular weight is 227 g/mol. The van der Waals surface area contributed by atoms with Gasteiger partial charge in [0.1, 0.15) is 18.1 Å². The van der Waals surface area contributed by atoms with Crippen LogP contribution in [0.1, 0.15) is 0 Å². The second-order valence-corrected chi connectivity index (χ2v) is 4.00. The molecule has 0 spiro atoms. The molecule has 0 saturated heterocycles. The normalized spacial score (nSPS) is 13.4. The van der Waals surface area contributed by atoms with E-state index >= 15 is 0 Å². The zero-order chi connectivity index (χ0) is 11.7. The molecule has 3 heteroatoms. The summed E-state index contributed by atoms with van der Waals surface area (Å²) in [5.41, 5.74) is 2.81. The molecule has 17 heavy (non-hydrogen) atoms. The number of phenolic OH excluding ortho intramolecular Hbond substituents is 1. The van der Waals surface area contributed by atoms with Crippen LogP contribution >= 0.6 is 0 Å². The first-order valence-corrected chi connectivity index (χ1v) is 5.64. The highest BCUT2D eigenvalue weighted by atomic mass is 16.5. The molecular formula is C14H13NO2. The van der Waals surface area contributed by atoms with E-state index in [1.54, 1.807) is 6.07 Å². The molecule has 3 rings (SSSR count). The van der Waals surface area contributed by atoms with Gasteiger partial charge in [0, 0.05) is 12.1 Å². The maximum absolute atomic E-state index is 9.82. The molecule has 0 saturated carbocycles. The van der Waals surface area contributed by atoms with Gasteiger partial charge in [0.05, 0.1) is 5.69 Å². The van der Waals surface area contributed by atoms with E-state index in [0.717, 1.165) is 29.1 Å². The first kappa shape index (κ1) is 10.0. The summed E-state index contributed by atoms with van der Waals surface area (Å²) in [6.45, 7) is 1.51. The van der Waals surface area contributed by atoms with Crippen LogP contribution in [0.5, 0.6) is 11.5 Å². The zero-order valence-corrected chi connectivity index (χ0v) is 9.31. The molecule has 2 N–H and O–H groups in total. The van der Waals surface area contributed by atoms with Crippen molar-refractivity contribution in [3.8, 4) is 22.6 Å². The van der Waals surface area contributed by atoms with Crippen LogP contribution in [0.2, 0.25) is 0 Å². The van der Waals surface area contributed by atoms with Gasteiger partial charge in [-0.1, -0.05) is 24.3 Å². The smallest absolute Gasteiger partial charge is 0.142 e. The van der Waals surface area contributed by atoms with Crippen LogP contribution in [-0.4, -0.2) is 18.3 Å². The zero-order valence-electron chi connectivity index (χ0n) is 9.31. The predicted octanol–water partition coefficient (Wildman–Crippen LogP) is 2.86. The number of phenols is 1. The molecule has 2 aromatic carbocycles. The van der Waals surface area contributed by atoms with E-state index in [9.17, 15) is 5.11 Å². The number of para-hydroxylation sites is 1. The van der Waals surface area contributed by atoms with Gasteiger partial charge in [-0.3, -0.25) is 0 Å². The number of hydrogen-bond donors (Lipinski definition) is 2. The fraction of sp³-hybridized carbons (Fsp3) is 0.143. The van der Waals surface area contributed by atoms with Gasteiger partial charge in [-0.2, -0.15) is 0 Å². The maximum Gasteiger partial charge on any atom is 0.142 e. The van der Waals surface area contributed by atoms with Gasteiger partial charge in [0.25, 0.3) is 0 Å². The van der Waals surface area contributed by atoms with Crippen molar-refractivity contribution in [2.24, 2.45) is 0 Å². The molecule has 86 valence electrons. The molecule has 0 fully saturated rings. The number of fused-ring (bicyclic) bond motifs is 1. The van der Waals surface area contributed by atoms with E-state index in [1.807, 2.05) is 36.4 Å². The minimum Gasteiger partial charge on any atom is -0.507 e. The Kier molecular flexibility index (Phi) is 2.37. The number of aromatic hydroxyl groups is 1. The van der Waals surface area contributed by atoms with Gasteiger partial charge >= 0.3 is 0 Å². The van der Waals surface area contributed by atoms with E-state index in [4.69, 9.17) is 4.74 Å². The Morgan fingerprint density at radius 3 is 2.88 bits per heavy atom. The third-order valence-corrected chi connectivity index (χ3v) is 2.87. The summed E-state index contributed by atoms with van der Waals surface area (Å²) >= 11 is 0. The lowest BCUT2D eigenvalue weighted by Gasteiger charge is -2.19. The Morgan fingerprint density at radius 2 is 2.00 bits per heavy atom. The summed E-state index contributed by atoms with van der Waals surface area (Å²) in [4.78, 5) is 0. The number of anilines is 1. The van der Waals surface area contributed by atoms with Crippen molar-refractivity contribution in [3.05, 3.63) is 42.5 Å². The lowest BCUT2D eigenvalue weighted by molar-refractivity contribution is 0.323. The van der Waals surface area contributed by atoms with E-state index in [1.165, 1.54) is 0 Å². The average Bonchev–Trinajstić information content (AvgIpc) is 2.39. The lowest BCUT2D eigenvalue weighted by atomic mass is 10.0. The second kappa shape index (κ2) is 4.01. The molecule has 1 aliphatic heterocycles. The highest BCUT2D eigenvalue weighted by molar-refractivity contribution is 5.75. The van der Waals surface area contributed by atoms with E-state index < -0.39 is 0 Å². The maximum atomic E-state index is 9.82. The largest absolute Gasteiger partial charge is 0.507 e. The van der Waals surface area contributed by atoms with Crippen LogP contribution in [0, 0.1) is 0 Å². The van der Waals surface area contributed by atoms with Crippen molar-refractivity contribution in [2.75, 3.05) is 18.5 Å². The predicted molar refractivity (Wildman–Crippen MR) is 67.5 cm³/mol. The van der Waals surface area contributed by atoms with E-state index in [-0.39, 0.29) is 0 Å². The quantitative estimate of drug-likeness (QED) is 0.787. The van der Waals surface area contributed by atoms with Crippen LogP contribution in [0.15, 0.2) is 42.5 Å². The van der Waals surface area contributed by atoms with Crippen molar-refractivity contribution in [3.63, 3.8) is 0 Å². The van der Waals surface area contributed by atoms with Crippen LogP contribution in [0.4, 0.5) is 5.69 Å². The van der Waals surface area contributed by atoms with Crippen LogP contribution in [-0.2, 0) is 0 Å². The SMILES string of the molecule is Oc1ccccc1-c1ccc2c(c1)NCCO2. The van der Waals surface area contributed by atoms with Crippen molar-refractivity contribution in [1.82, 2.24) is 0 Å². The lowest BCUT2D eigenvalue weighted by Crippen LogP contribution is -2.17. The van der Waals surface area contributed by atoms with Gasteiger partial charge < -0.3 is 15.2 Å². The Hall–Kier alpha value is -2.16. The first-order valence-electron chi connectivity index (χ1n) is 5.64. The molecule has 0 bridgehead atoms. The van der Waals surface area contributed by atoms with Crippen molar-refractivity contribution >= 4 is 5.69 Å². The Balaban J connectivity index is 2.07. The molecule has 2 aromatic rings. The Bertz CT molecular complexity index is 552. The molecular weight excluding hydrogens is 214 g/mol. The van der Waals surface area contributed by atoms with Gasteiger partial charge in [0.2, 0.25) is 0 Å². The molecule has 3 nitrogen and oxygen atoms in total. The first-order chi connectivity index (χ1) is 8.34. The van der Waals surface area contributed by atoms with Crippen molar-refractivity contribution in [1.29, 1.82) is 0 Å². The molecule has 0 aromatic heterocycles. The summed E-state index contributed by atoms with van der Waals surface area (Å²) in [7, 11) is 0.